The smallest absolute Gasteiger partial charge is 0.276 e. The number of likely N-dealkylation sites (N-methyl/N-ethyl adjacent to an activating group) is 2. The van der Waals surface area contributed by atoms with E-state index in [0.29, 0.717) is 17.4 Å². The van der Waals surface area contributed by atoms with Crippen LogP contribution in [-0.2, 0) is 4.79 Å². The summed E-state index contributed by atoms with van der Waals surface area (Å²) in [6.45, 7) is 2.48. The number of rotatable bonds is 3. The fourth-order valence-electron chi connectivity index (χ4n) is 2.02. The van der Waals surface area contributed by atoms with Gasteiger partial charge in [-0.1, -0.05) is 6.07 Å². The zero-order chi connectivity index (χ0) is 14.9. The molecule has 1 aliphatic rings. The van der Waals surface area contributed by atoms with Gasteiger partial charge in [0.25, 0.3) is 5.91 Å². The average molecular weight is 355 g/mol. The Morgan fingerprint density at radius 3 is 2.65 bits per heavy atom. The molecule has 0 aliphatic carbocycles. The maximum atomic E-state index is 12.3. The Kier molecular flexibility index (Phi) is 4.45. The first-order valence-electron chi connectivity index (χ1n) is 6.14. The highest BCUT2D eigenvalue weighted by Gasteiger charge is 2.34. The van der Waals surface area contributed by atoms with E-state index in [9.17, 15) is 4.79 Å². The van der Waals surface area contributed by atoms with Gasteiger partial charge in [0.15, 0.2) is 5.11 Å². The quantitative estimate of drug-likeness (QED) is 0.617. The van der Waals surface area contributed by atoms with Gasteiger partial charge in [0.1, 0.15) is 11.4 Å². The molecule has 0 saturated carbocycles. The second kappa shape index (κ2) is 5.93. The minimum absolute atomic E-state index is 0.0630. The van der Waals surface area contributed by atoms with Crippen LogP contribution in [0.1, 0.15) is 12.5 Å². The molecule has 1 aromatic carbocycles. The van der Waals surface area contributed by atoms with Gasteiger partial charge in [0.05, 0.1) is 11.6 Å². The lowest BCUT2D eigenvalue weighted by molar-refractivity contribution is -0.122. The van der Waals surface area contributed by atoms with Crippen LogP contribution in [-0.4, -0.2) is 41.5 Å². The number of halogens is 1. The first-order valence-corrected chi connectivity index (χ1v) is 7.34. The van der Waals surface area contributed by atoms with Crippen molar-refractivity contribution < 1.29 is 9.53 Å². The van der Waals surface area contributed by atoms with Crippen molar-refractivity contribution in [3.63, 3.8) is 0 Å². The Bertz CT molecular complexity index is 601. The fourth-order valence-corrected chi connectivity index (χ4v) is 2.89. The molecule has 1 saturated heterocycles. The highest BCUT2D eigenvalue weighted by atomic mass is 79.9. The molecule has 20 heavy (non-hydrogen) atoms. The number of carbonyl (C=O) groups is 1. The van der Waals surface area contributed by atoms with Crippen LogP contribution in [0, 0.1) is 0 Å². The van der Waals surface area contributed by atoms with Crippen LogP contribution in [0.3, 0.4) is 0 Å². The molecule has 2 rings (SSSR count). The van der Waals surface area contributed by atoms with E-state index in [1.54, 1.807) is 24.0 Å². The molecule has 1 aliphatic heterocycles. The maximum Gasteiger partial charge on any atom is 0.276 e. The van der Waals surface area contributed by atoms with Crippen molar-refractivity contribution >= 4 is 45.2 Å². The van der Waals surface area contributed by atoms with Gasteiger partial charge in [0.2, 0.25) is 0 Å². The van der Waals surface area contributed by atoms with Crippen LogP contribution in [0.4, 0.5) is 0 Å². The van der Waals surface area contributed by atoms with Crippen molar-refractivity contribution in [2.24, 2.45) is 0 Å². The molecule has 0 atom stereocenters. The average Bonchev–Trinajstić information content (AvgIpc) is 2.63. The predicted molar refractivity (Wildman–Crippen MR) is 86.4 cm³/mol. The molecule has 1 fully saturated rings. The summed E-state index contributed by atoms with van der Waals surface area (Å²) in [6, 6.07) is 5.66. The Labute approximate surface area is 132 Å². The van der Waals surface area contributed by atoms with Crippen LogP contribution in [0.2, 0.25) is 0 Å². The number of amides is 1. The van der Waals surface area contributed by atoms with Crippen LogP contribution in [0.15, 0.2) is 28.4 Å². The third-order valence-corrected chi connectivity index (χ3v) is 4.25. The number of hydrogen-bond acceptors (Lipinski definition) is 3. The van der Waals surface area contributed by atoms with Crippen LogP contribution in [0.5, 0.6) is 5.75 Å². The van der Waals surface area contributed by atoms with Crippen LogP contribution >= 0.6 is 28.1 Å². The van der Waals surface area contributed by atoms with E-state index >= 15 is 0 Å². The summed E-state index contributed by atoms with van der Waals surface area (Å²) in [4.78, 5) is 15.6. The number of nitrogens with zero attached hydrogens (tertiary/aromatic N) is 2. The van der Waals surface area contributed by atoms with Gasteiger partial charge in [-0.05, 0) is 58.8 Å². The Morgan fingerprint density at radius 2 is 2.15 bits per heavy atom. The van der Waals surface area contributed by atoms with Gasteiger partial charge >= 0.3 is 0 Å². The fraction of sp³-hybridized carbons (Fsp3) is 0.286. The van der Waals surface area contributed by atoms with E-state index in [0.717, 1.165) is 15.8 Å². The third-order valence-electron chi connectivity index (χ3n) is 3.14. The summed E-state index contributed by atoms with van der Waals surface area (Å²) in [7, 11) is 3.42. The van der Waals surface area contributed by atoms with E-state index in [1.165, 1.54) is 0 Å². The molecular weight excluding hydrogens is 340 g/mol. The summed E-state index contributed by atoms with van der Waals surface area (Å²) in [6.07, 6.45) is 1.83. The van der Waals surface area contributed by atoms with Gasteiger partial charge in [-0.3, -0.25) is 9.69 Å². The standard InChI is InChI=1S/C14H15BrN2O2S/c1-4-17-13(18)11(16(2)14(17)20)8-9-5-6-12(19-3)10(15)7-9/h5-8H,4H2,1-3H3/b11-8-. The van der Waals surface area contributed by atoms with Gasteiger partial charge in [0, 0.05) is 13.6 Å². The predicted octanol–water partition coefficient (Wildman–Crippen LogP) is 2.88. The van der Waals surface area contributed by atoms with E-state index in [2.05, 4.69) is 15.9 Å². The summed E-state index contributed by atoms with van der Waals surface area (Å²) < 4.78 is 6.03. The SMILES string of the molecule is CCN1C(=O)/C(=C/c2ccc(OC)c(Br)c2)N(C)C1=S. The lowest BCUT2D eigenvalue weighted by Gasteiger charge is -2.13. The molecule has 0 aromatic heterocycles. The lowest BCUT2D eigenvalue weighted by Crippen LogP contribution is -2.30. The topological polar surface area (TPSA) is 32.8 Å². The maximum absolute atomic E-state index is 12.3. The normalized spacial score (nSPS) is 17.3. The van der Waals surface area contributed by atoms with E-state index in [-0.39, 0.29) is 5.91 Å². The molecule has 0 unspecified atom stereocenters. The zero-order valence-corrected chi connectivity index (χ0v) is 13.9. The number of methoxy groups -OCH3 is 1. The first-order chi connectivity index (χ1) is 9.49. The number of hydrogen-bond donors (Lipinski definition) is 0. The van der Waals surface area contributed by atoms with E-state index < -0.39 is 0 Å². The molecule has 0 radical (unpaired) electrons. The number of benzene rings is 1. The van der Waals surface area contributed by atoms with Crippen LogP contribution in [0.25, 0.3) is 6.08 Å². The largest absolute Gasteiger partial charge is 0.496 e. The molecule has 106 valence electrons. The molecule has 0 bridgehead atoms. The second-order valence-electron chi connectivity index (χ2n) is 4.31. The molecule has 6 heteroatoms. The highest BCUT2D eigenvalue weighted by Crippen LogP contribution is 2.28. The molecule has 0 spiro atoms. The number of thiocarbonyl (C=S) groups is 1. The second-order valence-corrected chi connectivity index (χ2v) is 5.53. The number of ether oxygens (including phenoxy) is 1. The van der Waals surface area contributed by atoms with Crippen molar-refractivity contribution in [1.82, 2.24) is 9.80 Å². The highest BCUT2D eigenvalue weighted by molar-refractivity contribution is 9.10. The van der Waals surface area contributed by atoms with E-state index in [1.807, 2.05) is 31.2 Å². The monoisotopic (exact) mass is 354 g/mol. The van der Waals surface area contributed by atoms with Gasteiger partial charge in [-0.25, -0.2) is 0 Å². The summed E-state index contributed by atoms with van der Waals surface area (Å²) in [5.41, 5.74) is 1.49. The first kappa shape index (κ1) is 15.0. The summed E-state index contributed by atoms with van der Waals surface area (Å²) >= 11 is 8.69. The zero-order valence-electron chi connectivity index (χ0n) is 11.5. The molecule has 1 amide bonds. The van der Waals surface area contributed by atoms with E-state index in [4.69, 9.17) is 17.0 Å². The molecule has 1 aromatic rings. The van der Waals surface area contributed by atoms with Crippen molar-refractivity contribution in [2.75, 3.05) is 20.7 Å². The van der Waals surface area contributed by atoms with Gasteiger partial charge in [-0.2, -0.15) is 0 Å². The minimum atomic E-state index is -0.0630. The van der Waals surface area contributed by atoms with Crippen LogP contribution < -0.4 is 4.74 Å². The summed E-state index contributed by atoms with van der Waals surface area (Å²) in [5, 5.41) is 0.538. The molecule has 0 N–H and O–H groups in total. The Hall–Kier alpha value is -1.40. The minimum Gasteiger partial charge on any atom is -0.496 e. The van der Waals surface area contributed by atoms with Crippen molar-refractivity contribution in [1.29, 1.82) is 0 Å². The van der Waals surface area contributed by atoms with Crippen molar-refractivity contribution in [3.8, 4) is 5.75 Å². The lowest BCUT2D eigenvalue weighted by atomic mass is 10.2. The Balaban J connectivity index is 2.38. The summed E-state index contributed by atoms with van der Waals surface area (Å²) in [5.74, 6) is 0.691. The molecule has 4 nitrogen and oxygen atoms in total. The number of carbonyl (C=O) groups excluding carboxylic acids is 1. The van der Waals surface area contributed by atoms with Gasteiger partial charge in [-0.15, -0.1) is 0 Å². The third kappa shape index (κ3) is 2.58. The van der Waals surface area contributed by atoms with Crippen molar-refractivity contribution in [3.05, 3.63) is 33.9 Å². The van der Waals surface area contributed by atoms with Gasteiger partial charge < -0.3 is 9.64 Å². The molecule has 1 heterocycles. The molecular formula is C14H15BrN2O2S. The Morgan fingerprint density at radius 1 is 1.45 bits per heavy atom. The van der Waals surface area contributed by atoms with Crippen molar-refractivity contribution in [2.45, 2.75) is 6.92 Å².